The molecule has 1 N–H and O–H groups in total. The van der Waals surface area contributed by atoms with Crippen LogP contribution in [0.4, 0.5) is 10.1 Å². The summed E-state index contributed by atoms with van der Waals surface area (Å²) in [5.74, 6) is -1.37. The maximum Gasteiger partial charge on any atom is 0.285 e. The molecule has 0 spiro atoms. The number of nitrogens with one attached hydrogen (secondary N) is 1. The van der Waals surface area contributed by atoms with Crippen molar-refractivity contribution >= 4 is 23.2 Å². The van der Waals surface area contributed by atoms with Crippen molar-refractivity contribution in [3.63, 3.8) is 0 Å². The summed E-state index contributed by atoms with van der Waals surface area (Å²) >= 11 is 5.80. The summed E-state index contributed by atoms with van der Waals surface area (Å²) in [6.07, 6.45) is 0.530. The highest BCUT2D eigenvalue weighted by molar-refractivity contribution is 6.20. The van der Waals surface area contributed by atoms with Gasteiger partial charge >= 0.3 is 0 Å². The van der Waals surface area contributed by atoms with Crippen molar-refractivity contribution in [3.05, 3.63) is 39.7 Å². The predicted octanol–water partition coefficient (Wildman–Crippen LogP) is 2.87. The highest BCUT2D eigenvalue weighted by Crippen LogP contribution is 2.20. The fourth-order valence-corrected chi connectivity index (χ4v) is 1.96. The standard InChI is InChI=1S/C12H14ClFN2O3/c1-7(13)5-8(2)15-12(17)10-4-3-9(14)6-11(10)16(18)19/h3-4,6-8H,5H2,1-2H3,(H,15,17). The van der Waals surface area contributed by atoms with Crippen LogP contribution in [0.2, 0.25) is 0 Å². The van der Waals surface area contributed by atoms with Crippen molar-refractivity contribution < 1.29 is 14.1 Å². The predicted molar refractivity (Wildman–Crippen MR) is 69.9 cm³/mol. The van der Waals surface area contributed by atoms with E-state index < -0.39 is 22.3 Å². The van der Waals surface area contributed by atoms with E-state index in [1.54, 1.807) is 13.8 Å². The van der Waals surface area contributed by atoms with Crippen molar-refractivity contribution in [1.82, 2.24) is 5.32 Å². The van der Waals surface area contributed by atoms with Crippen LogP contribution in [0.3, 0.4) is 0 Å². The Labute approximate surface area is 114 Å². The number of rotatable bonds is 5. The number of hydrogen-bond donors (Lipinski definition) is 1. The normalized spacial score (nSPS) is 13.7. The summed E-state index contributed by atoms with van der Waals surface area (Å²) in [5, 5.41) is 13.2. The molecular formula is C12H14ClFN2O3. The summed E-state index contributed by atoms with van der Waals surface area (Å²) in [5.41, 5.74) is -0.718. The van der Waals surface area contributed by atoms with Crippen molar-refractivity contribution in [2.24, 2.45) is 0 Å². The average Bonchev–Trinajstić information content (AvgIpc) is 2.27. The molecule has 19 heavy (non-hydrogen) atoms. The Morgan fingerprint density at radius 1 is 1.53 bits per heavy atom. The Morgan fingerprint density at radius 3 is 2.68 bits per heavy atom. The van der Waals surface area contributed by atoms with Gasteiger partial charge in [-0.3, -0.25) is 14.9 Å². The van der Waals surface area contributed by atoms with Crippen molar-refractivity contribution in [1.29, 1.82) is 0 Å². The molecule has 2 atom stereocenters. The molecule has 0 aliphatic rings. The SMILES string of the molecule is CC(Cl)CC(C)NC(=O)c1ccc(F)cc1[N+](=O)[O-]. The van der Waals surface area contributed by atoms with Gasteiger partial charge in [-0.05, 0) is 32.4 Å². The smallest absolute Gasteiger partial charge is 0.285 e. The zero-order valence-corrected chi connectivity index (χ0v) is 11.3. The summed E-state index contributed by atoms with van der Waals surface area (Å²) < 4.78 is 13.0. The number of amides is 1. The third-order valence-electron chi connectivity index (χ3n) is 2.46. The second-order valence-corrected chi connectivity index (χ2v) is 5.05. The van der Waals surface area contributed by atoms with Gasteiger partial charge in [-0.15, -0.1) is 11.6 Å². The molecule has 0 fully saturated rings. The number of nitro benzene ring substituents is 1. The summed E-state index contributed by atoms with van der Waals surface area (Å²) in [6.45, 7) is 3.52. The van der Waals surface area contributed by atoms with Gasteiger partial charge in [-0.1, -0.05) is 0 Å². The van der Waals surface area contributed by atoms with Gasteiger partial charge in [0.1, 0.15) is 11.4 Å². The minimum atomic E-state index is -0.785. The van der Waals surface area contributed by atoms with Gasteiger partial charge in [-0.25, -0.2) is 4.39 Å². The molecular weight excluding hydrogens is 275 g/mol. The van der Waals surface area contributed by atoms with Crippen molar-refractivity contribution in [2.75, 3.05) is 0 Å². The van der Waals surface area contributed by atoms with Gasteiger partial charge in [0.05, 0.1) is 11.0 Å². The number of benzene rings is 1. The molecule has 104 valence electrons. The van der Waals surface area contributed by atoms with Gasteiger partial charge in [0, 0.05) is 11.4 Å². The van der Waals surface area contributed by atoms with E-state index in [4.69, 9.17) is 11.6 Å². The number of carbonyl (C=O) groups excluding carboxylic acids is 1. The average molecular weight is 289 g/mol. The van der Waals surface area contributed by atoms with E-state index in [0.717, 1.165) is 18.2 Å². The molecule has 1 rings (SSSR count). The zero-order chi connectivity index (χ0) is 14.6. The lowest BCUT2D eigenvalue weighted by molar-refractivity contribution is -0.385. The maximum absolute atomic E-state index is 13.0. The van der Waals surface area contributed by atoms with Crippen LogP contribution in [-0.2, 0) is 0 Å². The Balaban J connectivity index is 2.91. The van der Waals surface area contributed by atoms with Crippen LogP contribution in [-0.4, -0.2) is 22.2 Å². The lowest BCUT2D eigenvalue weighted by atomic mass is 10.1. The number of carbonyl (C=O) groups is 1. The zero-order valence-electron chi connectivity index (χ0n) is 10.5. The molecule has 1 aromatic rings. The second kappa shape index (κ2) is 6.47. The van der Waals surface area contributed by atoms with Crippen LogP contribution in [0.1, 0.15) is 30.6 Å². The monoisotopic (exact) mass is 288 g/mol. The molecule has 5 nitrogen and oxygen atoms in total. The first kappa shape index (κ1) is 15.4. The minimum Gasteiger partial charge on any atom is -0.349 e. The molecule has 0 aromatic heterocycles. The lowest BCUT2D eigenvalue weighted by Gasteiger charge is -2.15. The van der Waals surface area contributed by atoms with Gasteiger partial charge in [-0.2, -0.15) is 0 Å². The van der Waals surface area contributed by atoms with Crippen LogP contribution in [0, 0.1) is 15.9 Å². The molecule has 1 aromatic carbocycles. The topological polar surface area (TPSA) is 72.2 Å². The van der Waals surface area contributed by atoms with Crippen LogP contribution >= 0.6 is 11.6 Å². The Hall–Kier alpha value is -1.69. The first-order valence-corrected chi connectivity index (χ1v) is 6.13. The Morgan fingerprint density at radius 2 is 2.16 bits per heavy atom. The largest absolute Gasteiger partial charge is 0.349 e. The fraction of sp³-hybridized carbons (Fsp3) is 0.417. The molecule has 0 aliphatic heterocycles. The lowest BCUT2D eigenvalue weighted by Crippen LogP contribution is -2.34. The minimum absolute atomic E-state index is 0.126. The number of halogens is 2. The quantitative estimate of drug-likeness (QED) is 0.514. The third kappa shape index (κ3) is 4.48. The highest BCUT2D eigenvalue weighted by Gasteiger charge is 2.22. The third-order valence-corrected chi connectivity index (χ3v) is 2.64. The molecule has 1 amide bonds. The molecule has 0 heterocycles. The number of hydrogen-bond acceptors (Lipinski definition) is 3. The van der Waals surface area contributed by atoms with E-state index in [-0.39, 0.29) is 17.0 Å². The van der Waals surface area contributed by atoms with Crippen LogP contribution in [0.25, 0.3) is 0 Å². The molecule has 0 aliphatic carbocycles. The number of alkyl halides is 1. The number of nitrogens with zero attached hydrogens (tertiary/aromatic N) is 1. The van der Waals surface area contributed by atoms with Gasteiger partial charge < -0.3 is 5.32 Å². The van der Waals surface area contributed by atoms with Crippen molar-refractivity contribution in [2.45, 2.75) is 31.7 Å². The van der Waals surface area contributed by atoms with Gasteiger partial charge in [0.25, 0.3) is 11.6 Å². The van der Waals surface area contributed by atoms with Gasteiger partial charge in [0.15, 0.2) is 0 Å². The summed E-state index contributed by atoms with van der Waals surface area (Å²) in [4.78, 5) is 21.9. The first-order chi connectivity index (χ1) is 8.81. The van der Waals surface area contributed by atoms with E-state index in [1.807, 2.05) is 0 Å². The summed E-state index contributed by atoms with van der Waals surface area (Å²) in [7, 11) is 0. The first-order valence-electron chi connectivity index (χ1n) is 5.70. The number of nitro groups is 1. The van der Waals surface area contributed by atoms with Crippen LogP contribution < -0.4 is 5.32 Å². The van der Waals surface area contributed by atoms with E-state index in [2.05, 4.69) is 5.32 Å². The molecule has 7 heteroatoms. The summed E-state index contributed by atoms with van der Waals surface area (Å²) in [6, 6.07) is 2.60. The van der Waals surface area contributed by atoms with E-state index >= 15 is 0 Å². The van der Waals surface area contributed by atoms with E-state index in [0.29, 0.717) is 6.42 Å². The van der Waals surface area contributed by atoms with E-state index in [1.165, 1.54) is 0 Å². The van der Waals surface area contributed by atoms with E-state index in [9.17, 15) is 19.3 Å². The molecule has 0 saturated carbocycles. The maximum atomic E-state index is 13.0. The Bertz CT molecular complexity index is 494. The highest BCUT2D eigenvalue weighted by atomic mass is 35.5. The fourth-order valence-electron chi connectivity index (χ4n) is 1.70. The molecule has 0 bridgehead atoms. The van der Waals surface area contributed by atoms with Crippen molar-refractivity contribution in [3.8, 4) is 0 Å². The molecule has 2 unspecified atom stereocenters. The van der Waals surface area contributed by atoms with Gasteiger partial charge in [0.2, 0.25) is 0 Å². The molecule has 0 saturated heterocycles. The van der Waals surface area contributed by atoms with Crippen LogP contribution in [0.5, 0.6) is 0 Å². The van der Waals surface area contributed by atoms with Crippen LogP contribution in [0.15, 0.2) is 18.2 Å². The Kier molecular flexibility index (Phi) is 5.23. The molecule has 0 radical (unpaired) electrons. The second-order valence-electron chi connectivity index (χ2n) is 4.31.